The molecule has 7 nitrogen and oxygen atoms in total. The van der Waals surface area contributed by atoms with Crippen molar-refractivity contribution in [2.24, 2.45) is 0 Å². The molecule has 0 unspecified atom stereocenters. The Morgan fingerprint density at radius 3 is 2.92 bits per heavy atom. The lowest BCUT2D eigenvalue weighted by molar-refractivity contribution is 0.0358. The van der Waals surface area contributed by atoms with E-state index in [1.54, 1.807) is 12.1 Å². The van der Waals surface area contributed by atoms with Gasteiger partial charge in [0.2, 0.25) is 0 Å². The fourth-order valence-electron chi connectivity index (χ4n) is 2.80. The van der Waals surface area contributed by atoms with Gasteiger partial charge in [0.25, 0.3) is 5.56 Å². The SMILES string of the molecule is CCOc1cc(OCCCN2CCOCC2)c2c(=O)[nH]cnc2c1. The van der Waals surface area contributed by atoms with Gasteiger partial charge in [0.15, 0.2) is 0 Å². The average Bonchev–Trinajstić information content (AvgIpc) is 2.60. The number of benzene rings is 1. The van der Waals surface area contributed by atoms with E-state index in [0.717, 1.165) is 39.3 Å². The first-order chi connectivity index (χ1) is 11.8. The molecular formula is C17H23N3O4. The topological polar surface area (TPSA) is 76.7 Å². The van der Waals surface area contributed by atoms with Crippen LogP contribution in [0.25, 0.3) is 10.9 Å². The maximum absolute atomic E-state index is 12.1. The van der Waals surface area contributed by atoms with Gasteiger partial charge in [-0.3, -0.25) is 9.69 Å². The van der Waals surface area contributed by atoms with Gasteiger partial charge in [0, 0.05) is 31.8 Å². The van der Waals surface area contributed by atoms with E-state index < -0.39 is 0 Å². The molecule has 0 amide bonds. The molecule has 3 rings (SSSR count). The van der Waals surface area contributed by atoms with E-state index >= 15 is 0 Å². The van der Waals surface area contributed by atoms with Crippen LogP contribution in [0.15, 0.2) is 23.3 Å². The number of aromatic nitrogens is 2. The summed E-state index contributed by atoms with van der Waals surface area (Å²) in [6, 6.07) is 3.52. The molecule has 0 aliphatic carbocycles. The van der Waals surface area contributed by atoms with Crippen LogP contribution in [0.4, 0.5) is 0 Å². The number of rotatable bonds is 7. The average molecular weight is 333 g/mol. The summed E-state index contributed by atoms with van der Waals surface area (Å²) < 4.78 is 16.8. The van der Waals surface area contributed by atoms with Crippen molar-refractivity contribution in [1.29, 1.82) is 0 Å². The Labute approximate surface area is 140 Å². The lowest BCUT2D eigenvalue weighted by atomic mass is 10.2. The van der Waals surface area contributed by atoms with Crippen molar-refractivity contribution in [3.8, 4) is 11.5 Å². The maximum atomic E-state index is 12.1. The van der Waals surface area contributed by atoms with Crippen molar-refractivity contribution in [2.75, 3.05) is 46.1 Å². The third-order valence-electron chi connectivity index (χ3n) is 3.97. The smallest absolute Gasteiger partial charge is 0.262 e. The van der Waals surface area contributed by atoms with Crippen molar-refractivity contribution in [3.63, 3.8) is 0 Å². The van der Waals surface area contributed by atoms with E-state index in [9.17, 15) is 4.79 Å². The van der Waals surface area contributed by atoms with Gasteiger partial charge in [0.05, 0.1) is 38.3 Å². The first kappa shape index (κ1) is 16.7. The van der Waals surface area contributed by atoms with E-state index in [4.69, 9.17) is 14.2 Å². The molecule has 0 radical (unpaired) electrons. The van der Waals surface area contributed by atoms with Crippen LogP contribution >= 0.6 is 0 Å². The van der Waals surface area contributed by atoms with Gasteiger partial charge in [-0.15, -0.1) is 0 Å². The summed E-state index contributed by atoms with van der Waals surface area (Å²) in [5, 5.41) is 0.465. The molecular weight excluding hydrogens is 310 g/mol. The van der Waals surface area contributed by atoms with Crippen LogP contribution in [-0.4, -0.2) is 60.9 Å². The van der Waals surface area contributed by atoms with Crippen LogP contribution in [0, 0.1) is 0 Å². The van der Waals surface area contributed by atoms with Crippen LogP contribution < -0.4 is 15.0 Å². The third-order valence-corrected chi connectivity index (χ3v) is 3.97. The molecule has 1 fully saturated rings. The van der Waals surface area contributed by atoms with E-state index in [2.05, 4.69) is 14.9 Å². The second-order valence-electron chi connectivity index (χ2n) is 5.64. The lowest BCUT2D eigenvalue weighted by Gasteiger charge is -2.26. The highest BCUT2D eigenvalue weighted by Gasteiger charge is 2.12. The molecule has 1 aliphatic heterocycles. The number of hydrogen-bond donors (Lipinski definition) is 1. The van der Waals surface area contributed by atoms with E-state index in [0.29, 0.717) is 35.6 Å². The number of H-pyrrole nitrogens is 1. The standard InChI is InChI=1S/C17H23N3O4/c1-2-23-13-10-14-16(17(21)19-12-18-14)15(11-13)24-7-3-4-20-5-8-22-9-6-20/h10-12H,2-9H2,1H3,(H,18,19,21). The van der Waals surface area contributed by atoms with Crippen LogP contribution in [0.5, 0.6) is 11.5 Å². The summed E-state index contributed by atoms with van der Waals surface area (Å²) in [6.07, 6.45) is 2.28. The summed E-state index contributed by atoms with van der Waals surface area (Å²) >= 11 is 0. The highest BCUT2D eigenvalue weighted by Crippen LogP contribution is 2.27. The molecule has 1 saturated heterocycles. The molecule has 1 aromatic heterocycles. The molecule has 1 aliphatic rings. The minimum Gasteiger partial charge on any atom is -0.494 e. The van der Waals surface area contributed by atoms with Crippen molar-refractivity contribution >= 4 is 10.9 Å². The van der Waals surface area contributed by atoms with E-state index in [1.807, 2.05) is 6.92 Å². The number of nitrogens with zero attached hydrogens (tertiary/aromatic N) is 2. The normalized spacial score (nSPS) is 15.5. The van der Waals surface area contributed by atoms with Crippen molar-refractivity contribution in [2.45, 2.75) is 13.3 Å². The molecule has 1 aromatic carbocycles. The molecule has 7 heteroatoms. The van der Waals surface area contributed by atoms with Gasteiger partial charge < -0.3 is 19.2 Å². The van der Waals surface area contributed by atoms with Crippen LogP contribution in [0.2, 0.25) is 0 Å². The minimum absolute atomic E-state index is 0.203. The molecule has 130 valence electrons. The molecule has 0 atom stereocenters. The number of hydrogen-bond acceptors (Lipinski definition) is 6. The molecule has 0 spiro atoms. The first-order valence-corrected chi connectivity index (χ1v) is 8.35. The zero-order chi connectivity index (χ0) is 16.8. The van der Waals surface area contributed by atoms with Crippen LogP contribution in [-0.2, 0) is 4.74 Å². The number of aromatic amines is 1. The quantitative estimate of drug-likeness (QED) is 0.772. The fourth-order valence-corrected chi connectivity index (χ4v) is 2.80. The predicted molar refractivity (Wildman–Crippen MR) is 90.9 cm³/mol. The summed E-state index contributed by atoms with van der Waals surface area (Å²) in [5.74, 6) is 1.18. The monoisotopic (exact) mass is 333 g/mol. The van der Waals surface area contributed by atoms with Gasteiger partial charge in [-0.2, -0.15) is 0 Å². The summed E-state index contributed by atoms with van der Waals surface area (Å²) in [7, 11) is 0. The van der Waals surface area contributed by atoms with Crippen molar-refractivity contribution < 1.29 is 14.2 Å². The van der Waals surface area contributed by atoms with E-state index in [-0.39, 0.29) is 5.56 Å². The summed E-state index contributed by atoms with van der Waals surface area (Å²) in [5.41, 5.74) is 0.374. The van der Waals surface area contributed by atoms with Gasteiger partial charge >= 0.3 is 0 Å². The Hall–Kier alpha value is -2.12. The maximum Gasteiger partial charge on any atom is 0.262 e. The van der Waals surface area contributed by atoms with Gasteiger partial charge in [-0.1, -0.05) is 0 Å². The fraction of sp³-hybridized carbons (Fsp3) is 0.529. The molecule has 24 heavy (non-hydrogen) atoms. The van der Waals surface area contributed by atoms with Crippen molar-refractivity contribution in [1.82, 2.24) is 14.9 Å². The Morgan fingerprint density at radius 1 is 1.29 bits per heavy atom. The summed E-state index contributed by atoms with van der Waals surface area (Å²) in [6.45, 7) is 7.48. The largest absolute Gasteiger partial charge is 0.494 e. The van der Waals surface area contributed by atoms with E-state index in [1.165, 1.54) is 6.33 Å². The third kappa shape index (κ3) is 4.04. The Morgan fingerprint density at radius 2 is 2.12 bits per heavy atom. The molecule has 2 heterocycles. The Bertz CT molecular complexity index is 725. The highest BCUT2D eigenvalue weighted by atomic mass is 16.5. The number of morpholine rings is 1. The van der Waals surface area contributed by atoms with Crippen LogP contribution in [0.1, 0.15) is 13.3 Å². The number of nitrogens with one attached hydrogen (secondary N) is 1. The Kier molecular flexibility index (Phi) is 5.66. The minimum atomic E-state index is -0.203. The van der Waals surface area contributed by atoms with Gasteiger partial charge in [-0.05, 0) is 13.3 Å². The molecule has 1 N–H and O–H groups in total. The molecule has 0 bridgehead atoms. The van der Waals surface area contributed by atoms with Gasteiger partial charge in [0.1, 0.15) is 16.9 Å². The van der Waals surface area contributed by atoms with Gasteiger partial charge in [-0.25, -0.2) is 4.98 Å². The second-order valence-corrected chi connectivity index (χ2v) is 5.64. The zero-order valence-corrected chi connectivity index (χ0v) is 13.9. The molecule has 0 saturated carbocycles. The predicted octanol–water partition coefficient (Wildman–Crippen LogP) is 1.42. The Balaban J connectivity index is 1.69. The lowest BCUT2D eigenvalue weighted by Crippen LogP contribution is -2.37. The summed E-state index contributed by atoms with van der Waals surface area (Å²) in [4.78, 5) is 21.3. The number of ether oxygens (including phenoxy) is 3. The first-order valence-electron chi connectivity index (χ1n) is 8.35. The second kappa shape index (κ2) is 8.12. The van der Waals surface area contributed by atoms with Crippen LogP contribution in [0.3, 0.4) is 0 Å². The number of fused-ring (bicyclic) bond motifs is 1. The molecule has 2 aromatic rings. The highest BCUT2D eigenvalue weighted by molar-refractivity contribution is 5.85. The zero-order valence-electron chi connectivity index (χ0n) is 13.9. The van der Waals surface area contributed by atoms with Crippen molar-refractivity contribution in [3.05, 3.63) is 28.8 Å².